The third-order valence-electron chi connectivity index (χ3n) is 5.93. The van der Waals surface area contributed by atoms with E-state index in [2.05, 4.69) is 84.1 Å². The molecule has 2 rings (SSSR count). The Morgan fingerprint density at radius 1 is 0.966 bits per heavy atom. The molecule has 2 nitrogen and oxygen atoms in total. The molecule has 0 radical (unpaired) electrons. The number of hydrogen-bond acceptors (Lipinski definition) is 2. The van der Waals surface area contributed by atoms with Gasteiger partial charge in [-0.15, -0.1) is 0 Å². The summed E-state index contributed by atoms with van der Waals surface area (Å²) >= 11 is 0. The molecule has 1 N–H and O–H groups in total. The van der Waals surface area contributed by atoms with E-state index in [1.165, 1.54) is 45.4 Å². The van der Waals surface area contributed by atoms with Crippen molar-refractivity contribution >= 4 is 5.78 Å². The van der Waals surface area contributed by atoms with E-state index in [0.717, 1.165) is 6.54 Å². The van der Waals surface area contributed by atoms with Crippen LogP contribution in [0.15, 0.2) is 30.3 Å². The Kier molecular flexibility index (Phi) is 8.22. The van der Waals surface area contributed by atoms with E-state index in [4.69, 9.17) is 0 Å². The van der Waals surface area contributed by atoms with Gasteiger partial charge in [-0.25, -0.2) is 0 Å². The van der Waals surface area contributed by atoms with E-state index in [0.29, 0.717) is 18.3 Å². The number of nitrogens with one attached hydrogen (secondary N) is 1. The smallest absolute Gasteiger partial charge is 0.131 e. The lowest BCUT2D eigenvalue weighted by Crippen LogP contribution is -2.29. The monoisotopic (exact) mass is 393 g/mol. The Morgan fingerprint density at radius 3 is 2.14 bits per heavy atom. The molecule has 2 aromatic rings. The zero-order valence-corrected chi connectivity index (χ0v) is 19.6. The average Bonchev–Trinajstić information content (AvgIpc) is 2.60. The molecule has 0 amide bonds. The molecule has 0 heterocycles. The minimum atomic E-state index is 0.0603. The fourth-order valence-electron chi connectivity index (χ4n) is 4.47. The number of hydrogen-bond donors (Lipinski definition) is 1. The molecule has 0 aromatic heterocycles. The van der Waals surface area contributed by atoms with Crippen LogP contribution < -0.4 is 5.32 Å². The lowest BCUT2D eigenvalue weighted by molar-refractivity contribution is -0.117. The number of rotatable bonds is 9. The van der Waals surface area contributed by atoms with Crippen LogP contribution in [0.5, 0.6) is 0 Å². The SMILES string of the molecule is CC(=O)CC(NC[C@@H](C)CC(C)C)c1cc(-c2c(C)cccc2C)cc(C)c1C. The van der Waals surface area contributed by atoms with Gasteiger partial charge in [0.15, 0.2) is 0 Å². The summed E-state index contributed by atoms with van der Waals surface area (Å²) < 4.78 is 0. The minimum absolute atomic E-state index is 0.0603. The molecule has 0 aliphatic rings. The van der Waals surface area contributed by atoms with Crippen LogP contribution in [0.4, 0.5) is 0 Å². The molecule has 0 aliphatic carbocycles. The van der Waals surface area contributed by atoms with Crippen LogP contribution >= 0.6 is 0 Å². The van der Waals surface area contributed by atoms with Gasteiger partial charge in [0.25, 0.3) is 0 Å². The molecule has 0 fully saturated rings. The predicted molar refractivity (Wildman–Crippen MR) is 125 cm³/mol. The van der Waals surface area contributed by atoms with E-state index in [9.17, 15) is 4.79 Å². The molecular formula is C27H39NO. The van der Waals surface area contributed by atoms with E-state index < -0.39 is 0 Å². The number of benzene rings is 2. The van der Waals surface area contributed by atoms with Crippen molar-refractivity contribution in [3.05, 3.63) is 58.1 Å². The summed E-state index contributed by atoms with van der Waals surface area (Å²) in [5, 5.41) is 3.73. The van der Waals surface area contributed by atoms with Crippen molar-refractivity contribution in [1.29, 1.82) is 0 Å². The molecule has 0 saturated carbocycles. The fourth-order valence-corrected chi connectivity index (χ4v) is 4.47. The van der Waals surface area contributed by atoms with E-state index in [-0.39, 0.29) is 11.8 Å². The van der Waals surface area contributed by atoms with Crippen molar-refractivity contribution in [3.63, 3.8) is 0 Å². The van der Waals surface area contributed by atoms with Crippen LogP contribution in [0.3, 0.4) is 0 Å². The highest BCUT2D eigenvalue weighted by atomic mass is 16.1. The second kappa shape index (κ2) is 10.2. The summed E-state index contributed by atoms with van der Waals surface area (Å²) in [5.74, 6) is 1.51. The summed E-state index contributed by atoms with van der Waals surface area (Å²) in [6.07, 6.45) is 1.73. The summed E-state index contributed by atoms with van der Waals surface area (Å²) in [4.78, 5) is 12.1. The van der Waals surface area contributed by atoms with Crippen molar-refractivity contribution in [2.45, 2.75) is 74.3 Å². The number of aryl methyl sites for hydroxylation is 3. The highest BCUT2D eigenvalue weighted by Crippen LogP contribution is 2.33. The second-order valence-corrected chi connectivity index (χ2v) is 9.38. The molecular weight excluding hydrogens is 354 g/mol. The number of ketones is 1. The first-order valence-corrected chi connectivity index (χ1v) is 11.0. The molecule has 29 heavy (non-hydrogen) atoms. The topological polar surface area (TPSA) is 29.1 Å². The molecule has 1 unspecified atom stereocenters. The summed E-state index contributed by atoms with van der Waals surface area (Å²) in [6, 6.07) is 11.1. The van der Waals surface area contributed by atoms with Gasteiger partial charge in [0, 0.05) is 12.5 Å². The predicted octanol–water partition coefficient (Wildman–Crippen LogP) is 6.88. The molecule has 0 bridgehead atoms. The number of carbonyl (C=O) groups is 1. The largest absolute Gasteiger partial charge is 0.309 e. The highest BCUT2D eigenvalue weighted by molar-refractivity contribution is 5.77. The zero-order valence-electron chi connectivity index (χ0n) is 19.6. The molecule has 0 saturated heterocycles. The molecule has 158 valence electrons. The van der Waals surface area contributed by atoms with Crippen molar-refractivity contribution in [2.24, 2.45) is 11.8 Å². The van der Waals surface area contributed by atoms with Gasteiger partial charge in [0.1, 0.15) is 5.78 Å². The molecule has 0 aliphatic heterocycles. The third-order valence-corrected chi connectivity index (χ3v) is 5.93. The lowest BCUT2D eigenvalue weighted by Gasteiger charge is -2.25. The van der Waals surface area contributed by atoms with Crippen molar-refractivity contribution in [3.8, 4) is 11.1 Å². The van der Waals surface area contributed by atoms with Crippen LogP contribution in [-0.4, -0.2) is 12.3 Å². The Hall–Kier alpha value is -1.93. The maximum Gasteiger partial charge on any atom is 0.131 e. The van der Waals surface area contributed by atoms with E-state index in [1.54, 1.807) is 6.92 Å². The van der Waals surface area contributed by atoms with Gasteiger partial charge in [-0.1, -0.05) is 45.0 Å². The Morgan fingerprint density at radius 2 is 1.59 bits per heavy atom. The van der Waals surface area contributed by atoms with Gasteiger partial charge in [-0.05, 0) is 104 Å². The maximum absolute atomic E-state index is 12.1. The average molecular weight is 394 g/mol. The first-order valence-electron chi connectivity index (χ1n) is 11.0. The van der Waals surface area contributed by atoms with Crippen LogP contribution in [0, 0.1) is 39.5 Å². The molecule has 2 aromatic carbocycles. The summed E-state index contributed by atoms with van der Waals surface area (Å²) in [5.41, 5.74) is 8.98. The maximum atomic E-state index is 12.1. The third kappa shape index (κ3) is 6.27. The van der Waals surface area contributed by atoms with Crippen LogP contribution in [-0.2, 0) is 4.79 Å². The Bertz CT molecular complexity index is 830. The minimum Gasteiger partial charge on any atom is -0.309 e. The quantitative estimate of drug-likeness (QED) is 0.503. The first kappa shape index (κ1) is 23.3. The number of Topliss-reactive ketones (excluding diaryl/α,β-unsaturated/α-hetero) is 1. The Balaban J connectivity index is 2.44. The van der Waals surface area contributed by atoms with Gasteiger partial charge in [0.05, 0.1) is 0 Å². The van der Waals surface area contributed by atoms with E-state index in [1.807, 2.05) is 0 Å². The van der Waals surface area contributed by atoms with Crippen molar-refractivity contribution in [1.82, 2.24) is 5.32 Å². The van der Waals surface area contributed by atoms with Crippen LogP contribution in [0.2, 0.25) is 0 Å². The molecule has 2 heteroatoms. The normalized spacial score (nSPS) is 13.6. The van der Waals surface area contributed by atoms with Gasteiger partial charge in [0.2, 0.25) is 0 Å². The van der Waals surface area contributed by atoms with Gasteiger partial charge in [-0.2, -0.15) is 0 Å². The standard InChI is InChI=1S/C27H39NO/c1-17(2)12-18(3)16-28-26(14-22(7)29)25-15-24(13-21(6)23(25)8)27-19(4)10-9-11-20(27)5/h9-11,13,15,17-18,26,28H,12,14,16H2,1-8H3/t18-,26?/m0/s1. The fraction of sp³-hybridized carbons (Fsp3) is 0.519. The van der Waals surface area contributed by atoms with Crippen LogP contribution in [0.1, 0.15) is 74.4 Å². The molecule has 2 atom stereocenters. The van der Waals surface area contributed by atoms with Gasteiger partial charge >= 0.3 is 0 Å². The summed E-state index contributed by atoms with van der Waals surface area (Å²) in [6.45, 7) is 18.2. The van der Waals surface area contributed by atoms with Gasteiger partial charge in [-0.3, -0.25) is 4.79 Å². The van der Waals surface area contributed by atoms with Gasteiger partial charge < -0.3 is 5.32 Å². The Labute approximate surface area is 178 Å². The highest BCUT2D eigenvalue weighted by Gasteiger charge is 2.20. The summed E-state index contributed by atoms with van der Waals surface area (Å²) in [7, 11) is 0. The van der Waals surface area contributed by atoms with Crippen molar-refractivity contribution < 1.29 is 4.79 Å². The second-order valence-electron chi connectivity index (χ2n) is 9.38. The molecule has 0 spiro atoms. The number of carbonyl (C=O) groups excluding carboxylic acids is 1. The van der Waals surface area contributed by atoms with Crippen molar-refractivity contribution in [2.75, 3.05) is 6.54 Å². The van der Waals surface area contributed by atoms with E-state index >= 15 is 0 Å². The zero-order chi connectivity index (χ0) is 21.7. The lowest BCUT2D eigenvalue weighted by atomic mass is 9.87. The first-order chi connectivity index (χ1) is 13.6. The van der Waals surface area contributed by atoms with Crippen LogP contribution in [0.25, 0.3) is 11.1 Å².